The minimum absolute atomic E-state index is 0.0460. The van der Waals surface area contributed by atoms with Crippen molar-refractivity contribution in [3.63, 3.8) is 0 Å². The van der Waals surface area contributed by atoms with Crippen molar-refractivity contribution in [2.24, 2.45) is 53.1 Å². The first-order valence-electron chi connectivity index (χ1n) is 49.9. The van der Waals surface area contributed by atoms with Crippen LogP contribution in [0, 0.1) is 70.6 Å². The molecule has 24 nitrogen and oxygen atoms in total. The molecule has 1 atom stereocenters. The van der Waals surface area contributed by atoms with Gasteiger partial charge >= 0.3 is 6.18 Å². The lowest BCUT2D eigenvalue weighted by Crippen LogP contribution is -2.57. The molecule has 8 aliphatic rings. The van der Waals surface area contributed by atoms with Crippen LogP contribution in [0.15, 0.2) is 165 Å². The van der Waals surface area contributed by atoms with Crippen LogP contribution >= 0.6 is 57.7 Å². The van der Waals surface area contributed by atoms with Crippen LogP contribution in [0.25, 0.3) is 0 Å². The van der Waals surface area contributed by atoms with Crippen molar-refractivity contribution in [2.45, 2.75) is 174 Å². The van der Waals surface area contributed by atoms with Gasteiger partial charge in [0.15, 0.2) is 0 Å². The molecule has 0 radical (unpaired) electrons. The van der Waals surface area contributed by atoms with Gasteiger partial charge in [0.25, 0.3) is 39.3 Å². The van der Waals surface area contributed by atoms with Crippen molar-refractivity contribution < 1.29 is 85.1 Å². The Kier molecular flexibility index (Phi) is 38.9. The number of aliphatic hydroxyl groups is 1. The summed E-state index contributed by atoms with van der Waals surface area (Å²) >= 11 is 26.7. The maximum atomic E-state index is 14.2. The Morgan fingerprint density at radius 2 is 0.717 bits per heavy atom. The SMILES string of the molecule is CC(C)c1cccc([C@@](O)(C(=O)N2CCC(CC3CCN(c4ccc(C(N)=O)c(Cl)c4)CC3)CC2)C(F)(F)F)c1.CN(C)C(=O)c1ccc(N2CCC(CC3CCN(S(=O)(=O)c4cc(F)cc(F)c4)CC3)CC2)cc1Cl.CN(C)C(=O)c1ccc(N2CCC(CC3CCN(S(=O)(=O)c4cc(F)ccc4F)CC3)CC2)cc1Cl.CN(C)C(=O)c1ccc(N2CCC(CC3CCN(S(=O)(=O)c4cccs4)CC3)CC2)cc1Cl. The Morgan fingerprint density at radius 3 is 1.03 bits per heavy atom. The van der Waals surface area contributed by atoms with Gasteiger partial charge in [-0.2, -0.15) is 26.1 Å². The molecule has 145 heavy (non-hydrogen) atoms. The fourth-order valence-electron chi connectivity index (χ4n) is 21.3. The van der Waals surface area contributed by atoms with Crippen molar-refractivity contribution in [2.75, 3.05) is 167 Å². The third-order valence-corrected chi connectivity index (χ3v) is 38.3. The number of alkyl halides is 3. The molecule has 16 rings (SSSR count). The number of nitrogens with two attached hydrogens (primary N) is 1. The van der Waals surface area contributed by atoms with Gasteiger partial charge in [-0.25, -0.2) is 42.8 Å². The van der Waals surface area contributed by atoms with Crippen LogP contribution in [0.1, 0.15) is 201 Å². The predicted molar refractivity (Wildman–Crippen MR) is 558 cm³/mol. The quantitative estimate of drug-likeness (QED) is 0.0503. The van der Waals surface area contributed by atoms with Crippen LogP contribution in [0.5, 0.6) is 0 Å². The Bertz CT molecular complexity index is 6160. The molecule has 7 aromatic carbocycles. The van der Waals surface area contributed by atoms with Gasteiger partial charge in [-0.15, -0.1) is 11.3 Å². The zero-order valence-electron chi connectivity index (χ0n) is 83.3. The summed E-state index contributed by atoms with van der Waals surface area (Å²) in [6.07, 6.45) is 13.4. The molecular weight excluding hydrogens is 2040 g/mol. The molecule has 1 aromatic heterocycles. The summed E-state index contributed by atoms with van der Waals surface area (Å²) in [4.78, 5) is 75.3. The maximum Gasteiger partial charge on any atom is 0.430 e. The average Bonchev–Trinajstić information content (AvgIpc) is 1.69. The highest BCUT2D eigenvalue weighted by Crippen LogP contribution is 2.46. The molecule has 0 spiro atoms. The number of piperidine rings is 8. The zero-order chi connectivity index (χ0) is 105. The standard InChI is InChI=1S/C30H37ClF3N3O3.2C26H32ClF2N3O3S.C24H32ClN3O3S2/c1-19(2)22-4-3-5-23(17-22)29(40,30(32,33)34)28(39)37-14-10-21(11-15-37)16-20-8-12-36(13-9-20)24-6-7-25(27(35)38)26(31)18-24;1-30(2)26(33)22-5-4-21(17-23(22)27)31-11-7-18(8-12-31)15-19-9-13-32(14-10-19)36(34,35)25-16-20(28)3-6-24(25)29;1-30(2)26(33)24-4-3-22(17-25(24)27)31-9-5-18(6-10-31)13-19-7-11-32(12-8-19)36(34,35)23-15-20(28)14-21(29)16-23;1-26(2)24(29)21-6-5-20(17-22(21)25)27-11-7-18(8-12-27)16-19-9-13-28(14-10-19)33(30,31)23-4-3-15-32-23/h3-7,17-21,40H,8-16H2,1-2H3,(H2,35,38);3-6,16-19H,7-15H2,1-2H3;3-4,14-19H,5-13H2,1-2H3;3-6,15,17-19H,7-14,16H2,1-2H3/t29-;;;/m1.../s1. The number of nitrogens with zero attached hydrogens (tertiary/aromatic N) is 11. The fourth-order valence-corrected chi connectivity index (χ4v) is 28.0. The number of carbonyl (C=O) groups is 5. The van der Waals surface area contributed by atoms with Crippen LogP contribution in [0.3, 0.4) is 0 Å². The first kappa shape index (κ1) is 113. The number of hydrogen-bond acceptors (Lipinski definition) is 17. The lowest BCUT2D eigenvalue weighted by Gasteiger charge is -2.40. The monoisotopic (exact) mass is 2170 g/mol. The van der Waals surface area contributed by atoms with Gasteiger partial charge in [-0.3, -0.25) is 24.0 Å². The molecule has 790 valence electrons. The largest absolute Gasteiger partial charge is 0.430 e. The normalized spacial score (nSPS) is 18.8. The second kappa shape index (κ2) is 49.7. The van der Waals surface area contributed by atoms with E-state index in [1.54, 1.807) is 89.1 Å². The molecular formula is C106H133Cl4F7N12O12S4. The van der Waals surface area contributed by atoms with Gasteiger partial charge in [0.05, 0.1) is 47.2 Å². The lowest BCUT2D eigenvalue weighted by atomic mass is 9.82. The number of hydrogen-bond donors (Lipinski definition) is 2. The Hall–Kier alpha value is -8.85. The van der Waals surface area contributed by atoms with E-state index in [2.05, 4.69) is 19.6 Å². The molecule has 8 fully saturated rings. The van der Waals surface area contributed by atoms with Crippen LogP contribution in [-0.2, 0) is 40.5 Å². The van der Waals surface area contributed by atoms with Gasteiger partial charge in [0, 0.05) is 181 Å². The summed E-state index contributed by atoms with van der Waals surface area (Å²) < 4.78 is 179. The molecule has 0 saturated carbocycles. The third-order valence-electron chi connectivity index (χ3n) is 30.0. The van der Waals surface area contributed by atoms with Crippen molar-refractivity contribution in [3.05, 3.63) is 228 Å². The van der Waals surface area contributed by atoms with E-state index in [1.165, 1.54) is 64.2 Å². The zero-order valence-corrected chi connectivity index (χ0v) is 89.6. The summed E-state index contributed by atoms with van der Waals surface area (Å²) in [6.45, 7) is 13.9. The van der Waals surface area contributed by atoms with E-state index in [9.17, 15) is 85.1 Å². The van der Waals surface area contributed by atoms with Crippen molar-refractivity contribution in [1.82, 2.24) is 32.5 Å². The number of carbonyl (C=O) groups excluding carboxylic acids is 5. The summed E-state index contributed by atoms with van der Waals surface area (Å²) in [5.74, 6) is -1.67. The molecule has 0 bridgehead atoms. The number of thiophene rings is 1. The summed E-state index contributed by atoms with van der Waals surface area (Å²) in [7, 11) is -1.03. The van der Waals surface area contributed by atoms with E-state index in [4.69, 9.17) is 52.1 Å². The minimum atomic E-state index is -5.14. The van der Waals surface area contributed by atoms with Crippen molar-refractivity contribution >= 4 is 140 Å². The highest BCUT2D eigenvalue weighted by atomic mass is 35.5. The van der Waals surface area contributed by atoms with Gasteiger partial charge in [-0.05, 0) is 302 Å². The van der Waals surface area contributed by atoms with Gasteiger partial charge < -0.3 is 50.0 Å². The van der Waals surface area contributed by atoms with Crippen molar-refractivity contribution in [1.29, 1.82) is 0 Å². The van der Waals surface area contributed by atoms with Crippen LogP contribution in [0.4, 0.5) is 53.5 Å². The van der Waals surface area contributed by atoms with Crippen molar-refractivity contribution in [3.8, 4) is 0 Å². The average molecular weight is 2170 g/mol. The van der Waals surface area contributed by atoms with E-state index in [-0.39, 0.29) is 41.6 Å². The predicted octanol–water partition coefficient (Wildman–Crippen LogP) is 20.7. The highest BCUT2D eigenvalue weighted by molar-refractivity contribution is 7.91. The molecule has 0 unspecified atom stereocenters. The number of amides is 5. The molecule has 3 N–H and O–H groups in total. The van der Waals surface area contributed by atoms with E-state index < -0.39 is 87.4 Å². The van der Waals surface area contributed by atoms with Gasteiger partial charge in [0.1, 0.15) is 32.4 Å². The Labute approximate surface area is 872 Å². The highest BCUT2D eigenvalue weighted by Gasteiger charge is 2.62. The third kappa shape index (κ3) is 28.5. The van der Waals surface area contributed by atoms with Crippen LogP contribution < -0.4 is 25.3 Å². The number of halogens is 11. The molecule has 8 saturated heterocycles. The van der Waals surface area contributed by atoms with Crippen LogP contribution in [-0.4, -0.2) is 246 Å². The molecule has 0 aliphatic carbocycles. The molecule has 8 aromatic rings. The smallest absolute Gasteiger partial charge is 0.371 e. The molecule has 39 heteroatoms. The molecule has 8 aliphatic heterocycles. The number of primary amides is 1. The van der Waals surface area contributed by atoms with Crippen LogP contribution in [0.2, 0.25) is 20.1 Å². The second-order valence-electron chi connectivity index (χ2n) is 40.7. The van der Waals surface area contributed by atoms with Gasteiger partial charge in [0.2, 0.25) is 26.0 Å². The van der Waals surface area contributed by atoms with E-state index in [1.807, 2.05) is 67.8 Å². The molecule has 5 amide bonds. The Morgan fingerprint density at radius 1 is 0.393 bits per heavy atom. The van der Waals surface area contributed by atoms with E-state index >= 15 is 0 Å². The summed E-state index contributed by atoms with van der Waals surface area (Å²) in [6, 6.07) is 36.2. The molecule has 9 heterocycles. The fraction of sp³-hybridized carbons (Fsp3) is 0.519. The van der Waals surface area contributed by atoms with E-state index in [0.29, 0.717) is 170 Å². The second-order valence-corrected chi connectivity index (χ2v) is 49.2. The first-order valence-corrected chi connectivity index (χ1v) is 56.6. The first-order chi connectivity index (χ1) is 68.7. The number of likely N-dealkylation sites (tertiary alicyclic amines) is 1. The topological polar surface area (TPSA) is 270 Å². The lowest BCUT2D eigenvalue weighted by molar-refractivity contribution is -0.262. The van der Waals surface area contributed by atoms with Gasteiger partial charge in [-0.1, -0.05) is 90.6 Å². The number of rotatable bonds is 25. The minimum Gasteiger partial charge on any atom is -0.371 e. The summed E-state index contributed by atoms with van der Waals surface area (Å²) in [5, 5.41) is 14.5. The van der Waals surface area contributed by atoms with E-state index in [0.717, 1.165) is 202 Å². The number of sulfonamides is 3. The number of anilines is 4. The maximum absolute atomic E-state index is 14.2. The Balaban J connectivity index is 0.000000162. The summed E-state index contributed by atoms with van der Waals surface area (Å²) in [5.41, 5.74) is 7.81. The number of benzene rings is 7.